The van der Waals surface area contributed by atoms with Crippen LogP contribution >= 0.6 is 0 Å². The third kappa shape index (κ3) is 9.25. The third-order valence-corrected chi connectivity index (χ3v) is 5.94. The molecule has 0 spiro atoms. The summed E-state index contributed by atoms with van der Waals surface area (Å²) >= 11 is 0. The molecule has 0 radical (unpaired) electrons. The Labute approximate surface area is 231 Å². The Morgan fingerprint density at radius 1 is 0.795 bits per heavy atom. The van der Waals surface area contributed by atoms with Crippen molar-refractivity contribution in [3.63, 3.8) is 0 Å². The monoisotopic (exact) mass is 528 g/mol. The number of imidazole rings is 2. The van der Waals surface area contributed by atoms with Crippen molar-refractivity contribution >= 4 is 6.47 Å². The molecule has 2 aromatic carbocycles. The van der Waals surface area contributed by atoms with Gasteiger partial charge in [0.2, 0.25) is 0 Å². The van der Waals surface area contributed by atoms with Gasteiger partial charge in [0.25, 0.3) is 6.47 Å². The summed E-state index contributed by atoms with van der Waals surface area (Å²) < 4.78 is 0. The number of hydrogen-bond acceptors (Lipinski definition) is 5. The van der Waals surface area contributed by atoms with Crippen molar-refractivity contribution in [3.05, 3.63) is 72.1 Å². The number of benzene rings is 2. The van der Waals surface area contributed by atoms with Crippen LogP contribution < -0.4 is 10.6 Å². The number of H-pyrrole nitrogens is 2. The van der Waals surface area contributed by atoms with E-state index in [1.807, 2.05) is 6.20 Å². The molecule has 5 N–H and O–H groups in total. The third-order valence-electron chi connectivity index (χ3n) is 5.94. The first-order chi connectivity index (χ1) is 19.1. The van der Waals surface area contributed by atoms with E-state index in [0.717, 1.165) is 79.6 Å². The number of aromatic nitrogens is 4. The quantitative estimate of drug-likeness (QED) is 0.0922. The van der Waals surface area contributed by atoms with Gasteiger partial charge >= 0.3 is 0 Å². The highest BCUT2D eigenvalue weighted by molar-refractivity contribution is 5.72. The summed E-state index contributed by atoms with van der Waals surface area (Å²) in [5.41, 5.74) is 7.98. The summed E-state index contributed by atoms with van der Waals surface area (Å²) in [6, 6.07) is 17.4. The first-order valence-corrected chi connectivity index (χ1v) is 13.3. The molecule has 39 heavy (non-hydrogen) atoms. The Kier molecular flexibility index (Phi) is 13.8. The number of nitrogens with zero attached hydrogens (tertiary/aromatic N) is 2. The van der Waals surface area contributed by atoms with E-state index in [1.54, 1.807) is 0 Å². The maximum Gasteiger partial charge on any atom is 0.290 e. The van der Waals surface area contributed by atoms with E-state index in [4.69, 9.17) is 14.9 Å². The van der Waals surface area contributed by atoms with Crippen molar-refractivity contribution in [2.75, 3.05) is 13.1 Å². The molecule has 0 atom stereocenters. The predicted molar refractivity (Wildman–Crippen MR) is 159 cm³/mol. The van der Waals surface area contributed by atoms with Crippen LogP contribution in [0.4, 0.5) is 0 Å². The van der Waals surface area contributed by atoms with Crippen LogP contribution in [0, 0.1) is 12.8 Å². The molecule has 0 aliphatic heterocycles. The fraction of sp³-hybridized carbons (Fsp3) is 0.323. The minimum atomic E-state index is -0.250. The lowest BCUT2D eigenvalue weighted by Crippen LogP contribution is -2.14. The first kappa shape index (κ1) is 31.0. The normalized spacial score (nSPS) is 10.2. The second-order valence-electron chi connectivity index (χ2n) is 8.72. The molecule has 0 saturated carbocycles. The molecule has 8 heteroatoms. The average molecular weight is 529 g/mol. The molecule has 0 bridgehead atoms. The van der Waals surface area contributed by atoms with Crippen LogP contribution in [0.15, 0.2) is 54.7 Å². The zero-order chi connectivity index (χ0) is 28.5. The summed E-state index contributed by atoms with van der Waals surface area (Å²) in [6.45, 7) is 9.80. The molecule has 0 unspecified atom stereocenters. The zero-order valence-corrected chi connectivity index (χ0v) is 23.1. The maximum absolute atomic E-state index is 8.36. The summed E-state index contributed by atoms with van der Waals surface area (Å²) in [5.74, 6) is 1.97. The van der Waals surface area contributed by atoms with Crippen LogP contribution in [0.5, 0.6) is 0 Å². The minimum Gasteiger partial charge on any atom is -0.483 e. The smallest absolute Gasteiger partial charge is 0.290 e. The van der Waals surface area contributed by atoms with Crippen LogP contribution in [0.25, 0.3) is 33.6 Å². The highest BCUT2D eigenvalue weighted by Crippen LogP contribution is 2.28. The van der Waals surface area contributed by atoms with Crippen LogP contribution in [0.1, 0.15) is 51.0 Å². The zero-order valence-electron chi connectivity index (χ0n) is 23.1. The molecule has 0 fully saturated rings. The number of carboxylic acid groups (broad SMARTS) is 1. The van der Waals surface area contributed by atoms with Gasteiger partial charge in [-0.2, -0.15) is 0 Å². The van der Waals surface area contributed by atoms with Gasteiger partial charge in [0.15, 0.2) is 0 Å². The number of nitrogens with one attached hydrogen (secondary N) is 4. The van der Waals surface area contributed by atoms with Crippen LogP contribution in [-0.2, 0) is 24.3 Å². The molecule has 206 valence electrons. The topological polar surface area (TPSA) is 119 Å². The van der Waals surface area contributed by atoms with E-state index < -0.39 is 0 Å². The molecule has 0 aliphatic rings. The van der Waals surface area contributed by atoms with Crippen LogP contribution in [0.2, 0.25) is 0 Å². The average Bonchev–Trinajstić information content (AvgIpc) is 3.62. The summed E-state index contributed by atoms with van der Waals surface area (Å²) in [6.07, 6.45) is 13.1. The molecule has 2 heterocycles. The van der Waals surface area contributed by atoms with Crippen molar-refractivity contribution in [1.82, 2.24) is 30.6 Å². The lowest BCUT2D eigenvalue weighted by atomic mass is 10.0. The molecule has 0 aliphatic carbocycles. The number of aryl methyl sites for hydroxylation is 1. The molecule has 0 saturated heterocycles. The lowest BCUT2D eigenvalue weighted by Gasteiger charge is -2.06. The standard InChI is InChI=1S/C28H36N6.C2H2.CH2O2/c1-4-15-29-18-26-31-17-25(33-26)22-11-7-20(8-12-22)21-9-13-23(14-10-21)28-24(6-3)32-27(34-28)19-30-16-5-2;1-2;2-1-3/h7-14,17,29-30H,4-6,15-16,18-19H2,1-3H3,(H,31,33)(H,32,34);1-2H;1H,(H,2,3). The molecule has 4 aromatic rings. The van der Waals surface area contributed by atoms with E-state index in [-0.39, 0.29) is 6.47 Å². The highest BCUT2D eigenvalue weighted by Gasteiger charge is 2.11. The van der Waals surface area contributed by atoms with Crippen molar-refractivity contribution in [1.29, 1.82) is 0 Å². The Hall–Kier alpha value is -4.19. The summed E-state index contributed by atoms with van der Waals surface area (Å²) in [7, 11) is 0. The van der Waals surface area contributed by atoms with Gasteiger partial charge in [-0.1, -0.05) is 69.3 Å². The Morgan fingerprint density at radius 3 is 1.79 bits per heavy atom. The SMILES string of the molecule is C#C.CCCNCc1ncc(-c2ccc(-c3ccc(-c4nc(CNCCC)[nH]c4CC)cc3)cc2)[nH]1.O=CO. The maximum atomic E-state index is 8.36. The van der Waals surface area contributed by atoms with E-state index >= 15 is 0 Å². The van der Waals surface area contributed by atoms with Crippen LogP contribution in [-0.4, -0.2) is 44.6 Å². The van der Waals surface area contributed by atoms with E-state index in [0.29, 0.717) is 0 Å². The lowest BCUT2D eigenvalue weighted by molar-refractivity contribution is -0.122. The van der Waals surface area contributed by atoms with Crippen molar-refractivity contribution in [2.24, 2.45) is 0 Å². The molecular weight excluding hydrogens is 488 g/mol. The summed E-state index contributed by atoms with van der Waals surface area (Å²) in [5, 5.41) is 13.7. The van der Waals surface area contributed by atoms with Gasteiger partial charge in [-0.05, 0) is 49.0 Å². The molecule has 4 rings (SSSR count). The second kappa shape index (κ2) is 17.3. The van der Waals surface area contributed by atoms with Crippen molar-refractivity contribution in [3.8, 4) is 46.5 Å². The summed E-state index contributed by atoms with van der Waals surface area (Å²) in [4.78, 5) is 24.6. The first-order valence-electron chi connectivity index (χ1n) is 13.3. The van der Waals surface area contributed by atoms with Gasteiger partial charge < -0.3 is 25.7 Å². The second-order valence-corrected chi connectivity index (χ2v) is 8.72. The van der Waals surface area contributed by atoms with Gasteiger partial charge in [-0.15, -0.1) is 12.8 Å². The molecular formula is C31H40N6O2. The van der Waals surface area contributed by atoms with Crippen LogP contribution in [0.3, 0.4) is 0 Å². The Balaban J connectivity index is 0.000000998. The fourth-order valence-electron chi connectivity index (χ4n) is 4.07. The molecule has 2 aromatic heterocycles. The molecule has 0 amide bonds. The van der Waals surface area contributed by atoms with Gasteiger partial charge in [0, 0.05) is 11.3 Å². The number of aromatic amines is 2. The van der Waals surface area contributed by atoms with Crippen molar-refractivity contribution in [2.45, 2.75) is 53.1 Å². The Bertz CT molecular complexity index is 1260. The number of carbonyl (C=O) groups is 1. The largest absolute Gasteiger partial charge is 0.483 e. The highest BCUT2D eigenvalue weighted by atomic mass is 16.3. The van der Waals surface area contributed by atoms with Gasteiger partial charge in [-0.3, -0.25) is 4.79 Å². The van der Waals surface area contributed by atoms with Gasteiger partial charge in [0.1, 0.15) is 11.6 Å². The van der Waals surface area contributed by atoms with Crippen molar-refractivity contribution < 1.29 is 9.90 Å². The predicted octanol–water partition coefficient (Wildman–Crippen LogP) is 5.65. The number of hydrogen-bond donors (Lipinski definition) is 5. The van der Waals surface area contributed by atoms with Gasteiger partial charge in [0.05, 0.1) is 30.7 Å². The minimum absolute atomic E-state index is 0.250. The van der Waals surface area contributed by atoms with E-state index in [2.05, 4.69) is 108 Å². The Morgan fingerprint density at radius 2 is 1.28 bits per heavy atom. The van der Waals surface area contributed by atoms with E-state index in [9.17, 15) is 0 Å². The van der Waals surface area contributed by atoms with E-state index in [1.165, 1.54) is 16.8 Å². The fourth-order valence-corrected chi connectivity index (χ4v) is 4.07. The molecule has 8 nitrogen and oxygen atoms in total. The number of rotatable bonds is 12. The van der Waals surface area contributed by atoms with Gasteiger partial charge in [-0.25, -0.2) is 9.97 Å². The number of terminal acetylenes is 1.